The van der Waals surface area contributed by atoms with Crippen molar-refractivity contribution < 1.29 is 19.4 Å². The first-order chi connectivity index (χ1) is 10.1. The fourth-order valence-electron chi connectivity index (χ4n) is 2.20. The predicted octanol–water partition coefficient (Wildman–Crippen LogP) is 3.39. The van der Waals surface area contributed by atoms with Crippen LogP contribution in [0.3, 0.4) is 0 Å². The lowest BCUT2D eigenvalue weighted by Crippen LogP contribution is -1.85. The van der Waals surface area contributed by atoms with Crippen molar-refractivity contribution in [3.63, 3.8) is 0 Å². The topological polar surface area (TPSA) is 86.6 Å². The number of furan rings is 1. The van der Waals surface area contributed by atoms with Crippen LogP contribution in [0.1, 0.15) is 5.56 Å². The summed E-state index contributed by atoms with van der Waals surface area (Å²) in [5.74, 6) is 0.875. The molecule has 2 N–H and O–H groups in total. The number of phenols is 2. The van der Waals surface area contributed by atoms with E-state index in [-0.39, 0.29) is 17.1 Å². The van der Waals surface area contributed by atoms with Gasteiger partial charge in [0.05, 0.1) is 7.11 Å². The third-order valence-corrected chi connectivity index (χ3v) is 3.23. The Morgan fingerprint density at radius 1 is 1.14 bits per heavy atom. The van der Waals surface area contributed by atoms with Crippen LogP contribution >= 0.6 is 0 Å². The summed E-state index contributed by atoms with van der Waals surface area (Å²) < 4.78 is 10.9. The Morgan fingerprint density at radius 3 is 2.48 bits per heavy atom. The second-order valence-electron chi connectivity index (χ2n) is 4.49. The molecule has 0 aliphatic rings. The monoisotopic (exact) mass is 281 g/mol. The first kappa shape index (κ1) is 12.9. The van der Waals surface area contributed by atoms with Crippen LogP contribution in [-0.2, 0) is 0 Å². The van der Waals surface area contributed by atoms with E-state index in [9.17, 15) is 15.5 Å². The molecule has 5 heteroatoms. The average Bonchev–Trinajstić information content (AvgIpc) is 2.92. The lowest BCUT2D eigenvalue weighted by molar-refractivity contribution is 0.404. The highest BCUT2D eigenvalue weighted by Crippen LogP contribution is 2.39. The van der Waals surface area contributed by atoms with Gasteiger partial charge in [0, 0.05) is 17.0 Å². The highest BCUT2D eigenvalue weighted by atomic mass is 16.5. The van der Waals surface area contributed by atoms with Gasteiger partial charge in [-0.3, -0.25) is 0 Å². The molecule has 0 saturated heterocycles. The van der Waals surface area contributed by atoms with Gasteiger partial charge in [-0.25, -0.2) is 0 Å². The lowest BCUT2D eigenvalue weighted by atomic mass is 10.1. The number of ether oxygens (including phenoxy) is 1. The average molecular weight is 281 g/mol. The minimum absolute atomic E-state index is 0.138. The fraction of sp³-hybridized carbons (Fsp3) is 0.0625. The van der Waals surface area contributed by atoms with Gasteiger partial charge in [-0.15, -0.1) is 0 Å². The number of fused-ring (bicyclic) bond motifs is 1. The largest absolute Gasteiger partial charge is 0.508 e. The van der Waals surface area contributed by atoms with E-state index in [0.29, 0.717) is 22.5 Å². The normalized spacial score (nSPS) is 10.5. The van der Waals surface area contributed by atoms with Gasteiger partial charge in [-0.1, -0.05) is 0 Å². The zero-order valence-electron chi connectivity index (χ0n) is 11.1. The molecule has 0 radical (unpaired) electrons. The van der Waals surface area contributed by atoms with E-state index < -0.39 is 0 Å². The van der Waals surface area contributed by atoms with Crippen molar-refractivity contribution >= 4 is 11.0 Å². The molecule has 104 valence electrons. The first-order valence-electron chi connectivity index (χ1n) is 6.17. The van der Waals surface area contributed by atoms with Crippen LogP contribution in [0.2, 0.25) is 0 Å². The molecule has 0 atom stereocenters. The molecule has 0 spiro atoms. The number of hydrogen-bond acceptors (Lipinski definition) is 5. The van der Waals surface area contributed by atoms with Crippen molar-refractivity contribution in [1.29, 1.82) is 5.26 Å². The van der Waals surface area contributed by atoms with E-state index in [1.165, 1.54) is 13.2 Å². The van der Waals surface area contributed by atoms with Crippen LogP contribution in [0.15, 0.2) is 40.8 Å². The van der Waals surface area contributed by atoms with E-state index in [1.807, 2.05) is 6.07 Å². The van der Waals surface area contributed by atoms with Gasteiger partial charge in [0.15, 0.2) is 11.3 Å². The van der Waals surface area contributed by atoms with Gasteiger partial charge in [-0.05, 0) is 30.3 Å². The van der Waals surface area contributed by atoms with E-state index in [0.717, 1.165) is 5.56 Å². The Bertz CT molecular complexity index is 857. The minimum atomic E-state index is -0.153. The van der Waals surface area contributed by atoms with Crippen molar-refractivity contribution in [1.82, 2.24) is 0 Å². The minimum Gasteiger partial charge on any atom is -0.508 e. The number of nitriles is 1. The molecule has 2 aromatic carbocycles. The third kappa shape index (κ3) is 2.03. The summed E-state index contributed by atoms with van der Waals surface area (Å²) in [6.07, 6.45) is 0. The molecule has 1 aromatic heterocycles. The van der Waals surface area contributed by atoms with Crippen LogP contribution in [0.25, 0.3) is 22.3 Å². The fourth-order valence-corrected chi connectivity index (χ4v) is 2.20. The Kier molecular flexibility index (Phi) is 2.92. The number of hydrogen-bond donors (Lipinski definition) is 2. The van der Waals surface area contributed by atoms with Crippen LogP contribution in [0, 0.1) is 11.3 Å². The second-order valence-corrected chi connectivity index (χ2v) is 4.49. The molecular formula is C16H11NO4. The van der Waals surface area contributed by atoms with Crippen molar-refractivity contribution in [2.24, 2.45) is 0 Å². The quantitative estimate of drug-likeness (QED) is 0.751. The van der Waals surface area contributed by atoms with Gasteiger partial charge in [0.1, 0.15) is 28.9 Å². The van der Waals surface area contributed by atoms with Crippen LogP contribution in [0.4, 0.5) is 0 Å². The number of rotatable bonds is 2. The highest BCUT2D eigenvalue weighted by molar-refractivity contribution is 5.94. The molecule has 0 fully saturated rings. The van der Waals surface area contributed by atoms with Gasteiger partial charge in [-0.2, -0.15) is 5.26 Å². The third-order valence-electron chi connectivity index (χ3n) is 3.23. The predicted molar refractivity (Wildman–Crippen MR) is 76.2 cm³/mol. The lowest BCUT2D eigenvalue weighted by Gasteiger charge is -2.03. The summed E-state index contributed by atoms with van der Waals surface area (Å²) >= 11 is 0. The number of aromatic hydroxyl groups is 2. The molecule has 0 aliphatic carbocycles. The van der Waals surface area contributed by atoms with Crippen molar-refractivity contribution in [2.45, 2.75) is 0 Å². The number of benzene rings is 2. The number of phenolic OH excluding ortho intramolecular Hbond substituents is 2. The standard InChI is InChI=1S/C16H11NO4/c1-20-15-7-13(19)12(8-17)11-6-14(21-16(11)15)9-2-4-10(18)5-3-9/h2-7,18-19H,1H3. The summed E-state index contributed by atoms with van der Waals surface area (Å²) in [7, 11) is 1.46. The molecule has 0 aliphatic heterocycles. The Labute approximate surface area is 120 Å². The molecule has 21 heavy (non-hydrogen) atoms. The highest BCUT2D eigenvalue weighted by Gasteiger charge is 2.17. The number of methoxy groups -OCH3 is 1. The molecule has 0 bridgehead atoms. The molecule has 0 amide bonds. The van der Waals surface area contributed by atoms with Crippen LogP contribution in [-0.4, -0.2) is 17.3 Å². The Hall–Kier alpha value is -3.13. The van der Waals surface area contributed by atoms with Crippen molar-refractivity contribution in [3.05, 3.63) is 42.0 Å². The van der Waals surface area contributed by atoms with Crippen LogP contribution in [0.5, 0.6) is 17.2 Å². The van der Waals surface area contributed by atoms with Gasteiger partial charge in [0.2, 0.25) is 0 Å². The molecule has 0 saturated carbocycles. The molecule has 3 rings (SSSR count). The zero-order chi connectivity index (χ0) is 15.0. The summed E-state index contributed by atoms with van der Waals surface area (Å²) in [5.41, 5.74) is 1.28. The summed E-state index contributed by atoms with van der Waals surface area (Å²) in [4.78, 5) is 0. The van der Waals surface area contributed by atoms with E-state index in [4.69, 9.17) is 9.15 Å². The Balaban J connectivity index is 2.28. The first-order valence-corrected chi connectivity index (χ1v) is 6.17. The smallest absolute Gasteiger partial charge is 0.178 e. The molecular weight excluding hydrogens is 270 g/mol. The maximum absolute atomic E-state index is 9.86. The van der Waals surface area contributed by atoms with Crippen molar-refractivity contribution in [3.8, 4) is 34.6 Å². The van der Waals surface area contributed by atoms with E-state index in [1.54, 1.807) is 30.3 Å². The SMILES string of the molecule is COc1cc(O)c(C#N)c2cc(-c3ccc(O)cc3)oc12. The molecule has 0 unspecified atom stereocenters. The van der Waals surface area contributed by atoms with Gasteiger partial charge < -0.3 is 19.4 Å². The van der Waals surface area contributed by atoms with E-state index >= 15 is 0 Å². The van der Waals surface area contributed by atoms with Gasteiger partial charge >= 0.3 is 0 Å². The summed E-state index contributed by atoms with van der Waals surface area (Å²) in [6, 6.07) is 11.5. The summed E-state index contributed by atoms with van der Waals surface area (Å²) in [6.45, 7) is 0. The zero-order valence-corrected chi connectivity index (χ0v) is 11.1. The second kappa shape index (κ2) is 4.76. The molecule has 1 heterocycles. The summed E-state index contributed by atoms with van der Waals surface area (Å²) in [5, 5.41) is 28.8. The van der Waals surface area contributed by atoms with Crippen LogP contribution < -0.4 is 4.74 Å². The maximum Gasteiger partial charge on any atom is 0.178 e. The molecule has 5 nitrogen and oxygen atoms in total. The molecule has 3 aromatic rings. The number of nitrogens with zero attached hydrogens (tertiary/aromatic N) is 1. The Morgan fingerprint density at radius 2 is 1.86 bits per heavy atom. The van der Waals surface area contributed by atoms with E-state index in [2.05, 4.69) is 0 Å². The van der Waals surface area contributed by atoms with Gasteiger partial charge in [0.25, 0.3) is 0 Å². The van der Waals surface area contributed by atoms with Crippen molar-refractivity contribution in [2.75, 3.05) is 7.11 Å². The maximum atomic E-state index is 9.86.